The lowest BCUT2D eigenvalue weighted by molar-refractivity contribution is 0.194. The summed E-state index contributed by atoms with van der Waals surface area (Å²) in [6.07, 6.45) is 1.77. The molecule has 0 radical (unpaired) electrons. The Balaban J connectivity index is 2.61. The molecule has 1 rings (SSSR count). The Bertz CT molecular complexity index is 382. The molecule has 0 fully saturated rings. The number of methoxy groups -OCH3 is 2. The molecule has 2 N–H and O–H groups in total. The average Bonchev–Trinajstić information content (AvgIpc) is 2.35. The van der Waals surface area contributed by atoms with Crippen molar-refractivity contribution >= 4 is 16.5 Å². The molecule has 1 aromatic rings. The first-order valence-corrected chi connectivity index (χ1v) is 6.81. The zero-order chi connectivity index (χ0) is 12.7. The molecule has 0 aliphatic heterocycles. The standard InChI is InChI=1S/C12H19NO3S/c1-15-7-3-4-8-17(14)12-9-10(16-2)5-6-11(12)13/h5-6,9H,3-4,7-8,13H2,1-2H3. The van der Waals surface area contributed by atoms with E-state index < -0.39 is 10.8 Å². The lowest BCUT2D eigenvalue weighted by Gasteiger charge is -2.08. The Morgan fingerprint density at radius 1 is 1.29 bits per heavy atom. The van der Waals surface area contributed by atoms with Gasteiger partial charge in [0.25, 0.3) is 0 Å². The van der Waals surface area contributed by atoms with Gasteiger partial charge >= 0.3 is 0 Å². The summed E-state index contributed by atoms with van der Waals surface area (Å²) in [4.78, 5) is 0.654. The fourth-order valence-electron chi connectivity index (χ4n) is 1.43. The molecule has 0 saturated heterocycles. The molecule has 5 heteroatoms. The lowest BCUT2D eigenvalue weighted by Crippen LogP contribution is -2.03. The molecule has 17 heavy (non-hydrogen) atoms. The molecule has 1 atom stereocenters. The van der Waals surface area contributed by atoms with Crippen LogP contribution in [-0.4, -0.2) is 30.8 Å². The van der Waals surface area contributed by atoms with E-state index >= 15 is 0 Å². The van der Waals surface area contributed by atoms with Crippen molar-refractivity contribution in [2.75, 3.05) is 32.3 Å². The second-order valence-corrected chi connectivity index (χ2v) is 5.19. The number of unbranched alkanes of at least 4 members (excludes halogenated alkanes) is 1. The number of benzene rings is 1. The molecular weight excluding hydrogens is 238 g/mol. The van der Waals surface area contributed by atoms with Crippen LogP contribution in [0.4, 0.5) is 5.69 Å². The monoisotopic (exact) mass is 257 g/mol. The summed E-state index contributed by atoms with van der Waals surface area (Å²) in [5.41, 5.74) is 6.35. The summed E-state index contributed by atoms with van der Waals surface area (Å²) < 4.78 is 22.1. The quantitative estimate of drug-likeness (QED) is 0.598. The Hall–Kier alpha value is -1.07. The topological polar surface area (TPSA) is 61.5 Å². The van der Waals surface area contributed by atoms with Crippen molar-refractivity contribution in [2.24, 2.45) is 0 Å². The van der Waals surface area contributed by atoms with Gasteiger partial charge in [0.05, 0.1) is 22.8 Å². The Morgan fingerprint density at radius 3 is 2.71 bits per heavy atom. The lowest BCUT2D eigenvalue weighted by atomic mass is 10.3. The summed E-state index contributed by atoms with van der Waals surface area (Å²) in [5.74, 6) is 1.28. The Kier molecular flexibility index (Phi) is 6.00. The largest absolute Gasteiger partial charge is 0.497 e. The highest BCUT2D eigenvalue weighted by Crippen LogP contribution is 2.23. The number of ether oxygens (including phenoxy) is 2. The first-order valence-electron chi connectivity index (χ1n) is 5.50. The molecule has 0 saturated carbocycles. The molecule has 96 valence electrons. The second kappa shape index (κ2) is 7.29. The van der Waals surface area contributed by atoms with Crippen LogP contribution in [0.2, 0.25) is 0 Å². The van der Waals surface area contributed by atoms with Crippen LogP contribution in [0.1, 0.15) is 12.8 Å². The third-order valence-electron chi connectivity index (χ3n) is 2.39. The van der Waals surface area contributed by atoms with Gasteiger partial charge in [-0.25, -0.2) is 0 Å². The smallest absolute Gasteiger partial charge is 0.120 e. The van der Waals surface area contributed by atoms with Crippen LogP contribution >= 0.6 is 0 Å². The highest BCUT2D eigenvalue weighted by atomic mass is 32.2. The van der Waals surface area contributed by atoms with Crippen LogP contribution in [0.3, 0.4) is 0 Å². The highest BCUT2D eigenvalue weighted by Gasteiger charge is 2.09. The van der Waals surface area contributed by atoms with E-state index in [4.69, 9.17) is 15.2 Å². The molecule has 4 nitrogen and oxygen atoms in total. The van der Waals surface area contributed by atoms with Crippen molar-refractivity contribution in [1.29, 1.82) is 0 Å². The van der Waals surface area contributed by atoms with E-state index in [1.54, 1.807) is 32.4 Å². The van der Waals surface area contributed by atoms with Gasteiger partial charge in [0.15, 0.2) is 0 Å². The summed E-state index contributed by atoms with van der Waals surface area (Å²) in [6.45, 7) is 0.699. The fourth-order valence-corrected chi connectivity index (χ4v) is 2.69. The minimum atomic E-state index is -1.07. The number of nitrogen functional groups attached to an aromatic ring is 1. The maximum Gasteiger partial charge on any atom is 0.120 e. The Labute approximate surface area is 105 Å². The van der Waals surface area contributed by atoms with Crippen LogP contribution in [0, 0.1) is 0 Å². The van der Waals surface area contributed by atoms with Gasteiger partial charge < -0.3 is 15.2 Å². The van der Waals surface area contributed by atoms with Crippen LogP contribution in [0.25, 0.3) is 0 Å². The van der Waals surface area contributed by atoms with Crippen molar-refractivity contribution in [1.82, 2.24) is 0 Å². The molecule has 1 aromatic carbocycles. The van der Waals surface area contributed by atoms with E-state index in [-0.39, 0.29) is 0 Å². The van der Waals surface area contributed by atoms with E-state index in [9.17, 15) is 4.21 Å². The summed E-state index contributed by atoms with van der Waals surface area (Å²) in [6, 6.07) is 5.23. The van der Waals surface area contributed by atoms with Gasteiger partial charge in [0, 0.05) is 25.2 Å². The van der Waals surface area contributed by atoms with Gasteiger partial charge in [-0.3, -0.25) is 4.21 Å². The van der Waals surface area contributed by atoms with Gasteiger partial charge in [0.2, 0.25) is 0 Å². The molecule has 0 aliphatic rings. The third-order valence-corrected chi connectivity index (χ3v) is 3.90. The van der Waals surface area contributed by atoms with Crippen molar-refractivity contribution in [3.05, 3.63) is 18.2 Å². The summed E-state index contributed by atoms with van der Waals surface area (Å²) in [7, 11) is 2.17. The first kappa shape index (κ1) is 14.0. The molecule has 0 aromatic heterocycles. The predicted molar refractivity (Wildman–Crippen MR) is 69.8 cm³/mol. The van der Waals surface area contributed by atoms with Gasteiger partial charge in [0.1, 0.15) is 5.75 Å². The molecule has 0 bridgehead atoms. The van der Waals surface area contributed by atoms with E-state index in [0.717, 1.165) is 12.8 Å². The number of rotatable bonds is 7. The van der Waals surface area contributed by atoms with Crippen LogP contribution < -0.4 is 10.5 Å². The number of hydrogen-bond donors (Lipinski definition) is 1. The minimum absolute atomic E-state index is 0.552. The third kappa shape index (κ3) is 4.36. The number of hydrogen-bond acceptors (Lipinski definition) is 4. The van der Waals surface area contributed by atoms with Crippen molar-refractivity contribution < 1.29 is 13.7 Å². The van der Waals surface area contributed by atoms with Gasteiger partial charge in [-0.1, -0.05) is 0 Å². The molecule has 0 heterocycles. The zero-order valence-electron chi connectivity index (χ0n) is 10.3. The molecular formula is C12H19NO3S. The van der Waals surface area contributed by atoms with Crippen LogP contribution in [0.5, 0.6) is 5.75 Å². The maximum atomic E-state index is 12.0. The van der Waals surface area contributed by atoms with Crippen LogP contribution in [-0.2, 0) is 15.5 Å². The zero-order valence-corrected chi connectivity index (χ0v) is 11.1. The highest BCUT2D eigenvalue weighted by molar-refractivity contribution is 7.85. The SMILES string of the molecule is COCCCCS(=O)c1cc(OC)ccc1N. The maximum absolute atomic E-state index is 12.0. The van der Waals surface area contributed by atoms with Crippen molar-refractivity contribution in [3.8, 4) is 5.75 Å². The number of nitrogens with two attached hydrogens (primary N) is 1. The van der Waals surface area contributed by atoms with Crippen molar-refractivity contribution in [3.63, 3.8) is 0 Å². The Morgan fingerprint density at radius 2 is 2.06 bits per heavy atom. The predicted octanol–water partition coefficient (Wildman–Crippen LogP) is 1.81. The van der Waals surface area contributed by atoms with Gasteiger partial charge in [-0.05, 0) is 31.0 Å². The van der Waals surface area contributed by atoms with E-state index in [1.807, 2.05) is 0 Å². The van der Waals surface area contributed by atoms with E-state index in [0.29, 0.717) is 28.7 Å². The summed E-state index contributed by atoms with van der Waals surface area (Å²) >= 11 is 0. The van der Waals surface area contributed by atoms with Gasteiger partial charge in [-0.2, -0.15) is 0 Å². The van der Waals surface area contributed by atoms with E-state index in [1.165, 1.54) is 0 Å². The minimum Gasteiger partial charge on any atom is -0.497 e. The molecule has 0 aliphatic carbocycles. The van der Waals surface area contributed by atoms with E-state index in [2.05, 4.69) is 0 Å². The first-order chi connectivity index (χ1) is 8.19. The fraction of sp³-hybridized carbons (Fsp3) is 0.500. The average molecular weight is 257 g/mol. The van der Waals surface area contributed by atoms with Crippen molar-refractivity contribution in [2.45, 2.75) is 17.7 Å². The van der Waals surface area contributed by atoms with Gasteiger partial charge in [-0.15, -0.1) is 0 Å². The molecule has 0 spiro atoms. The summed E-state index contributed by atoms with van der Waals surface area (Å²) in [5, 5.41) is 0. The second-order valence-electron chi connectivity index (χ2n) is 3.65. The normalized spacial score (nSPS) is 12.4. The molecule has 1 unspecified atom stereocenters. The number of anilines is 1. The molecule has 0 amide bonds. The van der Waals surface area contributed by atoms with Crippen LogP contribution in [0.15, 0.2) is 23.1 Å².